The van der Waals surface area contributed by atoms with Crippen LogP contribution in [0.3, 0.4) is 0 Å². The molecule has 3 heteroatoms. The van der Waals surface area contributed by atoms with Crippen LogP contribution in [0.25, 0.3) is 6.08 Å². The Hall–Kier alpha value is -1.35. The molecule has 0 fully saturated rings. The summed E-state index contributed by atoms with van der Waals surface area (Å²) in [7, 11) is 1.50. The largest absolute Gasteiger partial charge is 0.497 e. The topological polar surface area (TPSA) is 35.2 Å². The molecule has 2 N–H and O–H groups in total. The minimum atomic E-state index is -0.302. The summed E-state index contributed by atoms with van der Waals surface area (Å²) in [6, 6.07) is 4.70. The third kappa shape index (κ3) is 2.56. The highest BCUT2D eigenvalue weighted by Gasteiger charge is 1.99. The van der Waals surface area contributed by atoms with Gasteiger partial charge in [-0.2, -0.15) is 0 Å². The summed E-state index contributed by atoms with van der Waals surface area (Å²) in [6.45, 7) is 0.408. The van der Waals surface area contributed by atoms with Crippen molar-refractivity contribution in [3.8, 4) is 5.75 Å². The van der Waals surface area contributed by atoms with Crippen LogP contribution < -0.4 is 10.5 Å². The fourth-order valence-electron chi connectivity index (χ4n) is 0.965. The van der Waals surface area contributed by atoms with Gasteiger partial charge in [0.25, 0.3) is 0 Å². The normalized spacial score (nSPS) is 10.7. The van der Waals surface area contributed by atoms with Gasteiger partial charge in [0.05, 0.1) is 7.11 Å². The molecule has 0 radical (unpaired) electrons. The van der Waals surface area contributed by atoms with Crippen LogP contribution in [0.4, 0.5) is 4.39 Å². The summed E-state index contributed by atoms with van der Waals surface area (Å²) >= 11 is 0. The molecule has 70 valence electrons. The van der Waals surface area contributed by atoms with Gasteiger partial charge in [-0.15, -0.1) is 0 Å². The summed E-state index contributed by atoms with van der Waals surface area (Å²) in [4.78, 5) is 0. The monoisotopic (exact) mass is 181 g/mol. The molecule has 0 amide bonds. The standard InChI is InChI=1S/C10H12FNO/c1-13-9-5-4-8(3-2-6-12)10(11)7-9/h2-5,7H,6,12H2,1H3/b3-2+. The average molecular weight is 181 g/mol. The summed E-state index contributed by atoms with van der Waals surface area (Å²) < 4.78 is 18.1. The van der Waals surface area contributed by atoms with E-state index in [1.807, 2.05) is 0 Å². The van der Waals surface area contributed by atoms with E-state index in [0.717, 1.165) is 0 Å². The Kier molecular flexibility index (Phi) is 3.46. The quantitative estimate of drug-likeness (QED) is 0.771. The first kappa shape index (κ1) is 9.74. The van der Waals surface area contributed by atoms with Crippen LogP contribution in [-0.4, -0.2) is 13.7 Å². The molecule has 0 saturated heterocycles. The van der Waals surface area contributed by atoms with Crippen molar-refractivity contribution < 1.29 is 9.13 Å². The number of rotatable bonds is 3. The number of benzene rings is 1. The minimum Gasteiger partial charge on any atom is -0.497 e. The second-order valence-corrected chi connectivity index (χ2v) is 2.53. The number of ether oxygens (including phenoxy) is 1. The molecule has 1 aromatic carbocycles. The molecule has 1 aromatic rings. The predicted octanol–water partition coefficient (Wildman–Crippen LogP) is 1.81. The summed E-state index contributed by atoms with van der Waals surface area (Å²) in [6.07, 6.45) is 3.35. The van der Waals surface area contributed by atoms with E-state index in [2.05, 4.69) is 0 Å². The molecular weight excluding hydrogens is 169 g/mol. The van der Waals surface area contributed by atoms with Crippen LogP contribution in [0, 0.1) is 5.82 Å². The predicted molar refractivity (Wildman–Crippen MR) is 51.0 cm³/mol. The number of hydrogen-bond donors (Lipinski definition) is 1. The van der Waals surface area contributed by atoms with E-state index < -0.39 is 0 Å². The van der Waals surface area contributed by atoms with E-state index in [4.69, 9.17) is 10.5 Å². The van der Waals surface area contributed by atoms with Crippen molar-refractivity contribution in [1.29, 1.82) is 0 Å². The number of hydrogen-bond acceptors (Lipinski definition) is 2. The van der Waals surface area contributed by atoms with Gasteiger partial charge >= 0.3 is 0 Å². The molecule has 0 atom stereocenters. The van der Waals surface area contributed by atoms with E-state index in [1.54, 1.807) is 24.3 Å². The van der Waals surface area contributed by atoms with Gasteiger partial charge in [-0.3, -0.25) is 0 Å². The second kappa shape index (κ2) is 4.62. The van der Waals surface area contributed by atoms with Crippen LogP contribution in [0.2, 0.25) is 0 Å². The van der Waals surface area contributed by atoms with E-state index in [9.17, 15) is 4.39 Å². The highest BCUT2D eigenvalue weighted by atomic mass is 19.1. The van der Waals surface area contributed by atoms with Crippen LogP contribution in [0.5, 0.6) is 5.75 Å². The maximum absolute atomic E-state index is 13.2. The molecule has 0 heterocycles. The van der Waals surface area contributed by atoms with Crippen molar-refractivity contribution >= 4 is 6.08 Å². The van der Waals surface area contributed by atoms with E-state index >= 15 is 0 Å². The Morgan fingerprint density at radius 3 is 2.85 bits per heavy atom. The number of nitrogens with two attached hydrogens (primary N) is 1. The van der Waals surface area contributed by atoms with Crippen molar-refractivity contribution in [2.45, 2.75) is 0 Å². The maximum Gasteiger partial charge on any atom is 0.134 e. The lowest BCUT2D eigenvalue weighted by Crippen LogP contribution is -1.93. The van der Waals surface area contributed by atoms with Crippen LogP contribution >= 0.6 is 0 Å². The zero-order valence-corrected chi connectivity index (χ0v) is 7.46. The molecule has 0 aromatic heterocycles. The molecule has 2 nitrogen and oxygen atoms in total. The highest BCUT2D eigenvalue weighted by Crippen LogP contribution is 2.16. The van der Waals surface area contributed by atoms with Gasteiger partial charge in [0.2, 0.25) is 0 Å². The Bertz CT molecular complexity index is 310. The Labute approximate surface area is 76.8 Å². The zero-order valence-electron chi connectivity index (χ0n) is 7.46. The molecule has 1 rings (SSSR count). The molecule has 0 spiro atoms. The molecule has 0 aliphatic carbocycles. The van der Waals surface area contributed by atoms with E-state index in [1.165, 1.54) is 13.2 Å². The Morgan fingerprint density at radius 2 is 2.31 bits per heavy atom. The second-order valence-electron chi connectivity index (χ2n) is 2.53. The number of methoxy groups -OCH3 is 1. The van der Waals surface area contributed by atoms with Crippen molar-refractivity contribution in [3.63, 3.8) is 0 Å². The molecule has 0 aliphatic rings. The van der Waals surface area contributed by atoms with Gasteiger partial charge in [-0.05, 0) is 12.1 Å². The van der Waals surface area contributed by atoms with Crippen molar-refractivity contribution in [1.82, 2.24) is 0 Å². The average Bonchev–Trinajstić information content (AvgIpc) is 2.16. The number of halogens is 1. The van der Waals surface area contributed by atoms with Crippen molar-refractivity contribution in [2.75, 3.05) is 13.7 Å². The fraction of sp³-hybridized carbons (Fsp3) is 0.200. The molecule has 0 unspecified atom stereocenters. The summed E-state index contributed by atoms with van der Waals surface area (Å²) in [5.41, 5.74) is 5.77. The van der Waals surface area contributed by atoms with Gasteiger partial charge in [0.15, 0.2) is 0 Å². The highest BCUT2D eigenvalue weighted by molar-refractivity contribution is 5.51. The molecule has 0 saturated carbocycles. The van der Waals surface area contributed by atoms with Gasteiger partial charge in [0.1, 0.15) is 11.6 Å². The molecule has 0 bridgehead atoms. The first-order valence-corrected chi connectivity index (χ1v) is 3.98. The minimum absolute atomic E-state index is 0.302. The molecule has 0 aliphatic heterocycles. The van der Waals surface area contributed by atoms with E-state index in [-0.39, 0.29) is 5.82 Å². The summed E-state index contributed by atoms with van der Waals surface area (Å²) in [5.74, 6) is 0.214. The maximum atomic E-state index is 13.2. The third-order valence-electron chi connectivity index (χ3n) is 1.64. The Morgan fingerprint density at radius 1 is 1.54 bits per heavy atom. The van der Waals surface area contributed by atoms with Crippen LogP contribution in [0.1, 0.15) is 5.56 Å². The SMILES string of the molecule is COc1ccc(/C=C/CN)c(F)c1. The van der Waals surface area contributed by atoms with Crippen molar-refractivity contribution in [2.24, 2.45) is 5.73 Å². The zero-order chi connectivity index (χ0) is 9.68. The fourth-order valence-corrected chi connectivity index (χ4v) is 0.965. The third-order valence-corrected chi connectivity index (χ3v) is 1.64. The van der Waals surface area contributed by atoms with Crippen LogP contribution in [-0.2, 0) is 0 Å². The smallest absolute Gasteiger partial charge is 0.134 e. The molecular formula is C10H12FNO. The van der Waals surface area contributed by atoms with Crippen LogP contribution in [0.15, 0.2) is 24.3 Å². The van der Waals surface area contributed by atoms with E-state index in [0.29, 0.717) is 17.9 Å². The summed E-state index contributed by atoms with van der Waals surface area (Å²) in [5, 5.41) is 0. The first-order valence-electron chi connectivity index (χ1n) is 3.98. The first-order chi connectivity index (χ1) is 6.27. The Balaban J connectivity index is 2.91. The van der Waals surface area contributed by atoms with Crippen molar-refractivity contribution in [3.05, 3.63) is 35.7 Å². The van der Waals surface area contributed by atoms with Gasteiger partial charge in [0, 0.05) is 18.2 Å². The lowest BCUT2D eigenvalue weighted by Gasteiger charge is -2.01. The lowest BCUT2D eigenvalue weighted by atomic mass is 10.2. The molecule has 13 heavy (non-hydrogen) atoms. The van der Waals surface area contributed by atoms with Gasteiger partial charge < -0.3 is 10.5 Å². The lowest BCUT2D eigenvalue weighted by molar-refractivity contribution is 0.411. The van der Waals surface area contributed by atoms with Gasteiger partial charge in [-0.25, -0.2) is 4.39 Å². The van der Waals surface area contributed by atoms with Gasteiger partial charge in [-0.1, -0.05) is 12.2 Å².